The maximum atomic E-state index is 2.29. The molecular formula is C40H33ClGeHf. The molecule has 0 unspecified atom stereocenters. The fraction of sp³-hybridized carbons (Fsp3) is 0.0500. The van der Waals surface area contributed by atoms with E-state index in [0.29, 0.717) is 0 Å². The fourth-order valence-corrected chi connectivity index (χ4v) is 14.7. The van der Waals surface area contributed by atoms with Gasteiger partial charge in [-0.25, -0.2) is 0 Å². The van der Waals surface area contributed by atoms with Crippen molar-refractivity contribution in [3.8, 4) is 0 Å². The van der Waals surface area contributed by atoms with Gasteiger partial charge in [0, 0.05) is 0 Å². The molecule has 43 heavy (non-hydrogen) atoms. The average Bonchev–Trinajstić information content (AvgIpc) is 3.63. The Bertz CT molecular complexity index is 1970. The van der Waals surface area contributed by atoms with E-state index < -0.39 is 10.1 Å². The van der Waals surface area contributed by atoms with Gasteiger partial charge < -0.3 is 0 Å². The fourth-order valence-electron chi connectivity index (χ4n) is 5.60. The number of aryl methyl sites for hydroxylation is 2. The van der Waals surface area contributed by atoms with E-state index in [4.69, 9.17) is 0 Å². The Morgan fingerprint density at radius 2 is 0.814 bits per heavy atom. The molecule has 0 amide bonds. The zero-order chi connectivity index (χ0) is 28.9. The van der Waals surface area contributed by atoms with E-state index in [0.717, 1.165) is 0 Å². The van der Waals surface area contributed by atoms with E-state index in [2.05, 4.69) is 172 Å². The Balaban J connectivity index is 0.000000127. The van der Waals surface area contributed by atoms with E-state index in [9.17, 15) is 0 Å². The molecule has 0 aliphatic rings. The van der Waals surface area contributed by atoms with Gasteiger partial charge in [0.05, 0.1) is 0 Å². The first kappa shape index (κ1) is 31.2. The summed E-state index contributed by atoms with van der Waals surface area (Å²) in [6, 6.07) is 56.8. The normalized spacial score (nSPS) is 10.5. The van der Waals surface area contributed by atoms with E-state index in [1.54, 1.807) is 8.79 Å². The van der Waals surface area contributed by atoms with Gasteiger partial charge in [0.2, 0.25) is 0 Å². The third kappa shape index (κ3) is 7.29. The van der Waals surface area contributed by atoms with E-state index in [-0.39, 0.29) is 12.4 Å². The van der Waals surface area contributed by atoms with Crippen LogP contribution in [0.15, 0.2) is 158 Å². The van der Waals surface area contributed by atoms with Crippen LogP contribution < -0.4 is 8.79 Å². The van der Waals surface area contributed by atoms with Crippen molar-refractivity contribution in [3.05, 3.63) is 169 Å². The Morgan fingerprint density at radius 3 is 1.23 bits per heavy atom. The maximum absolute atomic E-state index is 2.29. The Morgan fingerprint density at radius 1 is 0.442 bits per heavy atom. The quantitative estimate of drug-likeness (QED) is 0.121. The molecule has 8 rings (SSSR count). The first-order valence-corrected chi connectivity index (χ1v) is 26.8. The SMILES string of the molecule is Cc1cc2c(ccc3ccccc32)[cH-]1.Cc1cc2c(ccc3ccccc32)[cH-]1.Cl.[Hf+2]=[Ge]([c]1ccccc1)[c]1ccccc1. The van der Waals surface area contributed by atoms with Gasteiger partial charge in [0.1, 0.15) is 0 Å². The summed E-state index contributed by atoms with van der Waals surface area (Å²) in [4.78, 5) is 0. The second kappa shape index (κ2) is 14.5. The van der Waals surface area contributed by atoms with Crippen LogP contribution >= 0.6 is 12.4 Å². The predicted octanol–water partition coefficient (Wildman–Crippen LogP) is 9.80. The molecule has 0 nitrogen and oxygen atoms in total. The van der Waals surface area contributed by atoms with E-state index in [1.165, 1.54) is 75.5 Å². The minimum absolute atomic E-state index is 0. The summed E-state index contributed by atoms with van der Waals surface area (Å²) in [5.74, 6) is 0. The Hall–Kier alpha value is -3.24. The number of benzene rings is 6. The molecule has 0 aromatic heterocycles. The molecule has 0 fully saturated rings. The molecule has 0 radical (unpaired) electrons. The first-order valence-electron chi connectivity index (χ1n) is 14.4. The molecule has 0 bridgehead atoms. The number of rotatable bonds is 2. The Kier molecular flexibility index (Phi) is 10.5. The van der Waals surface area contributed by atoms with Crippen molar-refractivity contribution in [2.45, 2.75) is 13.8 Å². The number of fused-ring (bicyclic) bond motifs is 6. The van der Waals surface area contributed by atoms with Crippen molar-refractivity contribution in [1.82, 2.24) is 0 Å². The van der Waals surface area contributed by atoms with Gasteiger partial charge in [0.15, 0.2) is 0 Å². The van der Waals surface area contributed by atoms with Gasteiger partial charge in [-0.15, -0.1) is 69.3 Å². The first-order chi connectivity index (χ1) is 20.6. The zero-order valence-electron chi connectivity index (χ0n) is 24.4. The number of hydrogen-bond acceptors (Lipinski definition) is 0. The van der Waals surface area contributed by atoms with Crippen molar-refractivity contribution in [2.75, 3.05) is 0 Å². The molecule has 0 atom stereocenters. The average molecular weight is 800 g/mol. The summed E-state index contributed by atoms with van der Waals surface area (Å²) in [5.41, 5.74) is 2.69. The van der Waals surface area contributed by atoms with Gasteiger partial charge in [0.25, 0.3) is 0 Å². The Labute approximate surface area is 276 Å². The van der Waals surface area contributed by atoms with Gasteiger partial charge >= 0.3 is 101 Å². The number of halogens is 1. The van der Waals surface area contributed by atoms with Crippen LogP contribution in [0.3, 0.4) is 0 Å². The van der Waals surface area contributed by atoms with Crippen LogP contribution in [0.5, 0.6) is 0 Å². The van der Waals surface area contributed by atoms with Gasteiger partial charge in [-0.3, -0.25) is 0 Å². The second-order valence-corrected chi connectivity index (χ2v) is 24.1. The molecule has 0 aliphatic heterocycles. The van der Waals surface area contributed by atoms with Crippen molar-refractivity contribution < 1.29 is 21.3 Å². The number of hydrogen-bond donors (Lipinski definition) is 0. The van der Waals surface area contributed by atoms with Crippen molar-refractivity contribution >= 4 is 74.3 Å². The summed E-state index contributed by atoms with van der Waals surface area (Å²) < 4.78 is 3.20. The molecule has 8 aromatic rings. The second-order valence-electron chi connectivity index (χ2n) is 10.8. The van der Waals surface area contributed by atoms with E-state index in [1.807, 2.05) is 0 Å². The molecule has 3 heteroatoms. The minimum atomic E-state index is -1.06. The van der Waals surface area contributed by atoms with Crippen LogP contribution in [0.2, 0.25) is 0 Å². The van der Waals surface area contributed by atoms with Crippen molar-refractivity contribution in [3.63, 3.8) is 0 Å². The standard InChI is InChI=1S/2C14H11.C12H10Ge.ClH.Hf/c2*1-10-8-12-7-6-11-4-2-3-5-13(11)14(12)9-10;1-3-7-11(8-4-1)13-12-9-5-2-6-10-12;;/h2*2-9H,1H3;1-10H;1H;/q2*-1;;;+2. The van der Waals surface area contributed by atoms with Crippen molar-refractivity contribution in [2.24, 2.45) is 0 Å². The van der Waals surface area contributed by atoms with Gasteiger partial charge in [-0.2, -0.15) is 12.1 Å². The molecular weight excluding hydrogens is 767 g/mol. The summed E-state index contributed by atoms with van der Waals surface area (Å²) in [6.07, 6.45) is 0. The van der Waals surface area contributed by atoms with Gasteiger partial charge in [-0.1, -0.05) is 85.3 Å². The molecule has 0 N–H and O–H groups in total. The topological polar surface area (TPSA) is 0 Å². The van der Waals surface area contributed by atoms with Crippen LogP contribution in [0.1, 0.15) is 11.1 Å². The van der Waals surface area contributed by atoms with Gasteiger partial charge in [-0.05, 0) is 10.8 Å². The zero-order valence-corrected chi connectivity index (χ0v) is 30.9. The van der Waals surface area contributed by atoms with Crippen LogP contribution in [-0.4, -0.2) is 10.1 Å². The third-order valence-corrected chi connectivity index (χ3v) is 22.2. The van der Waals surface area contributed by atoms with Crippen LogP contribution in [-0.2, 0) is 21.3 Å². The molecule has 0 saturated carbocycles. The molecule has 0 spiro atoms. The third-order valence-electron chi connectivity index (χ3n) is 7.64. The molecule has 8 aromatic carbocycles. The molecule has 0 saturated heterocycles. The monoisotopic (exact) mass is 802 g/mol. The van der Waals surface area contributed by atoms with Crippen LogP contribution in [0, 0.1) is 13.8 Å². The van der Waals surface area contributed by atoms with Crippen molar-refractivity contribution in [1.29, 1.82) is 0 Å². The molecule has 208 valence electrons. The summed E-state index contributed by atoms with van der Waals surface area (Å²) in [5, 5.41) is 10.8. The van der Waals surface area contributed by atoms with E-state index >= 15 is 0 Å². The molecule has 0 heterocycles. The van der Waals surface area contributed by atoms with Crippen LogP contribution in [0.4, 0.5) is 0 Å². The summed E-state index contributed by atoms with van der Waals surface area (Å²) in [7, 11) is -1.06. The summed E-state index contributed by atoms with van der Waals surface area (Å²) in [6.45, 7) is 4.30. The van der Waals surface area contributed by atoms with Crippen LogP contribution in [0.25, 0.3) is 43.1 Å². The predicted molar refractivity (Wildman–Crippen MR) is 189 cm³/mol. The molecule has 0 aliphatic carbocycles. The summed E-state index contributed by atoms with van der Waals surface area (Å²) >= 11 is 1.33.